The number of carbonyl (C=O) groups is 1. The molecule has 0 spiro atoms. The second-order valence-corrected chi connectivity index (χ2v) is 4.10. The van der Waals surface area contributed by atoms with Crippen LogP contribution in [0.15, 0.2) is 0 Å². The van der Waals surface area contributed by atoms with Crippen molar-refractivity contribution >= 4 is 5.97 Å². The second-order valence-electron chi connectivity index (χ2n) is 4.10. The van der Waals surface area contributed by atoms with Crippen LogP contribution in [0, 0.1) is 0 Å². The monoisotopic (exact) mass is 234 g/mol. The first-order chi connectivity index (χ1) is 7.45. The fourth-order valence-corrected chi connectivity index (χ4v) is 1.48. The average molecular weight is 234 g/mol. The van der Waals surface area contributed by atoms with Gasteiger partial charge in [0.05, 0.1) is 31.8 Å². The Labute approximate surface area is 96.0 Å². The molecule has 0 bridgehead atoms. The molecule has 5 heteroatoms. The van der Waals surface area contributed by atoms with Crippen molar-refractivity contribution in [2.45, 2.75) is 57.3 Å². The van der Waals surface area contributed by atoms with Crippen LogP contribution in [0.2, 0.25) is 0 Å². The Hall–Kier alpha value is -0.650. The highest BCUT2D eigenvalue weighted by Gasteiger charge is 2.12. The molecule has 0 saturated carbocycles. The molecule has 0 rings (SSSR count). The maximum atomic E-state index is 10.8. The summed E-state index contributed by atoms with van der Waals surface area (Å²) in [6.07, 6.45) is 0.128. The van der Waals surface area contributed by atoms with E-state index in [0.717, 1.165) is 0 Å². The summed E-state index contributed by atoms with van der Waals surface area (Å²) in [5.74, 6) is -0.433. The lowest BCUT2D eigenvalue weighted by Crippen LogP contribution is -2.17. The summed E-state index contributed by atoms with van der Waals surface area (Å²) < 4.78 is 4.42. The number of hydrogen-bond acceptors (Lipinski definition) is 5. The Balaban J connectivity index is 3.53. The van der Waals surface area contributed by atoms with E-state index < -0.39 is 24.3 Å². The predicted octanol–water partition coefficient (Wildman–Crippen LogP) is 0.212. The lowest BCUT2D eigenvalue weighted by molar-refractivity contribution is -0.142. The summed E-state index contributed by atoms with van der Waals surface area (Å²) >= 11 is 0. The van der Waals surface area contributed by atoms with Crippen molar-refractivity contribution in [2.75, 3.05) is 7.11 Å². The van der Waals surface area contributed by atoms with Crippen molar-refractivity contribution in [3.05, 3.63) is 0 Å². The molecule has 3 atom stereocenters. The molecule has 0 aliphatic rings. The molecule has 0 heterocycles. The Bertz CT molecular complexity index is 193. The Morgan fingerprint density at radius 1 is 1.19 bits per heavy atom. The molecule has 5 nitrogen and oxygen atoms in total. The van der Waals surface area contributed by atoms with E-state index in [1.54, 1.807) is 6.92 Å². The van der Waals surface area contributed by atoms with Crippen molar-refractivity contribution in [3.63, 3.8) is 0 Å². The van der Waals surface area contributed by atoms with Gasteiger partial charge in [0.1, 0.15) is 0 Å². The summed E-state index contributed by atoms with van der Waals surface area (Å²) in [4.78, 5) is 10.8. The van der Waals surface area contributed by atoms with E-state index in [4.69, 9.17) is 5.11 Å². The minimum atomic E-state index is -0.716. The molecular formula is C11H22O5. The summed E-state index contributed by atoms with van der Waals surface area (Å²) in [6.45, 7) is 1.62. The van der Waals surface area contributed by atoms with Gasteiger partial charge in [-0.2, -0.15) is 0 Å². The molecule has 96 valence electrons. The van der Waals surface area contributed by atoms with E-state index >= 15 is 0 Å². The van der Waals surface area contributed by atoms with Crippen LogP contribution < -0.4 is 0 Å². The van der Waals surface area contributed by atoms with Gasteiger partial charge in [0.2, 0.25) is 0 Å². The number of esters is 1. The minimum Gasteiger partial charge on any atom is -0.469 e. The maximum Gasteiger partial charge on any atom is 0.308 e. The van der Waals surface area contributed by atoms with E-state index in [1.807, 2.05) is 0 Å². The Morgan fingerprint density at radius 3 is 2.25 bits per heavy atom. The first-order valence-electron chi connectivity index (χ1n) is 5.56. The number of aliphatic hydroxyl groups excluding tert-OH is 3. The highest BCUT2D eigenvalue weighted by Crippen LogP contribution is 2.10. The quantitative estimate of drug-likeness (QED) is 0.523. The highest BCUT2D eigenvalue weighted by molar-refractivity contribution is 5.69. The zero-order valence-electron chi connectivity index (χ0n) is 9.93. The van der Waals surface area contributed by atoms with E-state index in [2.05, 4.69) is 4.74 Å². The van der Waals surface area contributed by atoms with E-state index in [-0.39, 0.29) is 6.42 Å². The molecule has 0 aliphatic heterocycles. The summed E-state index contributed by atoms with van der Waals surface area (Å²) in [5, 5.41) is 27.9. The number of hydrogen-bond donors (Lipinski definition) is 3. The zero-order valence-corrected chi connectivity index (χ0v) is 9.93. The van der Waals surface area contributed by atoms with Gasteiger partial charge in [-0.25, -0.2) is 0 Å². The number of carbonyl (C=O) groups excluding carboxylic acids is 1. The summed E-state index contributed by atoms with van der Waals surface area (Å²) in [7, 11) is 1.28. The predicted molar refractivity (Wildman–Crippen MR) is 58.8 cm³/mol. The van der Waals surface area contributed by atoms with Gasteiger partial charge in [0, 0.05) is 0 Å². The first kappa shape index (κ1) is 15.3. The van der Waals surface area contributed by atoms with Gasteiger partial charge in [-0.15, -0.1) is 0 Å². The van der Waals surface area contributed by atoms with Crippen LogP contribution in [-0.2, 0) is 9.53 Å². The molecule has 0 aromatic carbocycles. The number of rotatable bonds is 8. The van der Waals surface area contributed by atoms with Crippen LogP contribution in [0.1, 0.15) is 39.0 Å². The summed E-state index contributed by atoms with van der Waals surface area (Å²) in [5.41, 5.74) is 0. The third-order valence-corrected chi connectivity index (χ3v) is 2.32. The van der Waals surface area contributed by atoms with Crippen molar-refractivity contribution in [1.82, 2.24) is 0 Å². The lowest BCUT2D eigenvalue weighted by atomic mass is 10.0. The molecule has 0 aromatic heterocycles. The van der Waals surface area contributed by atoms with Crippen molar-refractivity contribution in [1.29, 1.82) is 0 Å². The van der Waals surface area contributed by atoms with Crippen LogP contribution in [0.3, 0.4) is 0 Å². The van der Waals surface area contributed by atoms with Gasteiger partial charge >= 0.3 is 5.97 Å². The molecule has 0 saturated heterocycles. The molecule has 3 unspecified atom stereocenters. The lowest BCUT2D eigenvalue weighted by Gasteiger charge is -2.13. The molecule has 0 amide bonds. The largest absolute Gasteiger partial charge is 0.469 e. The first-order valence-corrected chi connectivity index (χ1v) is 5.56. The normalized spacial score (nSPS) is 16.6. The molecular weight excluding hydrogens is 212 g/mol. The third kappa shape index (κ3) is 8.64. The maximum absolute atomic E-state index is 10.8. The van der Waals surface area contributed by atoms with Gasteiger partial charge < -0.3 is 20.1 Å². The second kappa shape index (κ2) is 8.50. The zero-order chi connectivity index (χ0) is 12.6. The van der Waals surface area contributed by atoms with Crippen LogP contribution in [0.25, 0.3) is 0 Å². The Morgan fingerprint density at radius 2 is 1.75 bits per heavy atom. The van der Waals surface area contributed by atoms with Gasteiger partial charge in [-0.3, -0.25) is 4.79 Å². The molecule has 16 heavy (non-hydrogen) atoms. The van der Waals surface area contributed by atoms with E-state index in [1.165, 1.54) is 7.11 Å². The third-order valence-electron chi connectivity index (χ3n) is 2.32. The average Bonchev–Trinajstić information content (AvgIpc) is 2.16. The van der Waals surface area contributed by atoms with Crippen LogP contribution in [-0.4, -0.2) is 46.7 Å². The van der Waals surface area contributed by atoms with Crippen LogP contribution in [0.4, 0.5) is 0 Å². The molecule has 0 fully saturated rings. The standard InChI is InChI=1S/C11H22O5/c1-8(12)6-9(13)4-3-5-10(14)7-11(15)16-2/h8-10,12-14H,3-7H2,1-2H3. The topological polar surface area (TPSA) is 87.0 Å². The molecule has 0 aromatic rings. The van der Waals surface area contributed by atoms with Crippen LogP contribution in [0.5, 0.6) is 0 Å². The molecule has 0 radical (unpaired) electrons. The number of aliphatic hydroxyl groups is 3. The number of methoxy groups -OCH3 is 1. The fourth-order valence-electron chi connectivity index (χ4n) is 1.48. The van der Waals surface area contributed by atoms with E-state index in [9.17, 15) is 15.0 Å². The molecule has 3 N–H and O–H groups in total. The van der Waals surface area contributed by atoms with Gasteiger partial charge in [-0.05, 0) is 32.6 Å². The van der Waals surface area contributed by atoms with Crippen molar-refractivity contribution in [3.8, 4) is 0 Å². The van der Waals surface area contributed by atoms with Gasteiger partial charge in [-0.1, -0.05) is 0 Å². The Kier molecular flexibility index (Phi) is 8.15. The van der Waals surface area contributed by atoms with E-state index in [0.29, 0.717) is 25.7 Å². The fraction of sp³-hybridized carbons (Fsp3) is 0.909. The van der Waals surface area contributed by atoms with Crippen LogP contribution >= 0.6 is 0 Å². The smallest absolute Gasteiger partial charge is 0.308 e. The van der Waals surface area contributed by atoms with Gasteiger partial charge in [0.15, 0.2) is 0 Å². The summed E-state index contributed by atoms with van der Waals surface area (Å²) in [6, 6.07) is 0. The minimum absolute atomic E-state index is 0.0109. The van der Waals surface area contributed by atoms with Crippen molar-refractivity contribution in [2.24, 2.45) is 0 Å². The number of ether oxygens (including phenoxy) is 1. The highest BCUT2D eigenvalue weighted by atomic mass is 16.5. The van der Waals surface area contributed by atoms with Crippen molar-refractivity contribution < 1.29 is 24.9 Å². The SMILES string of the molecule is COC(=O)CC(O)CCCC(O)CC(C)O. The van der Waals surface area contributed by atoms with Gasteiger partial charge in [0.25, 0.3) is 0 Å². The molecule has 0 aliphatic carbocycles.